The summed E-state index contributed by atoms with van der Waals surface area (Å²) in [6.45, 7) is 5.22. The van der Waals surface area contributed by atoms with Crippen molar-refractivity contribution in [2.75, 3.05) is 6.54 Å². The largest absolute Gasteiger partial charge is 0.392 e. The van der Waals surface area contributed by atoms with Gasteiger partial charge in [0.05, 0.1) is 11.5 Å². The maximum Gasteiger partial charge on any atom is 0.220 e. The van der Waals surface area contributed by atoms with Crippen molar-refractivity contribution in [3.63, 3.8) is 0 Å². The monoisotopic (exact) mass is 294 g/mol. The Kier molecular flexibility index (Phi) is 3.16. The van der Waals surface area contributed by atoms with Crippen molar-refractivity contribution in [3.05, 3.63) is 0 Å². The Balaban J connectivity index is 1.72. The van der Waals surface area contributed by atoms with E-state index in [9.17, 15) is 4.79 Å². The Morgan fingerprint density at radius 3 is 2.30 bits per heavy atom. The Hall–Kier alpha value is -0.640. The number of carbonyl (C=O) groups is 1. The SMILES string of the molecule is CC12CC3CC(C)(C1)CC(CC(=O)NCC(N)=S)(C3)C2. The summed E-state index contributed by atoms with van der Waals surface area (Å²) in [5.74, 6) is 0.969. The zero-order valence-corrected chi connectivity index (χ0v) is 13.4. The average molecular weight is 294 g/mol. The van der Waals surface area contributed by atoms with Crippen LogP contribution in [0.4, 0.5) is 0 Å². The van der Waals surface area contributed by atoms with Gasteiger partial charge in [-0.3, -0.25) is 4.79 Å². The first-order valence-electron chi connectivity index (χ1n) is 7.77. The van der Waals surface area contributed by atoms with Crippen molar-refractivity contribution in [3.8, 4) is 0 Å². The van der Waals surface area contributed by atoms with Crippen LogP contribution in [0.2, 0.25) is 0 Å². The van der Waals surface area contributed by atoms with E-state index < -0.39 is 0 Å². The minimum Gasteiger partial charge on any atom is -0.392 e. The lowest BCUT2D eigenvalue weighted by Crippen LogP contribution is -2.56. The van der Waals surface area contributed by atoms with Crippen LogP contribution < -0.4 is 11.1 Å². The number of thiocarbonyl (C=S) groups is 1. The minimum atomic E-state index is 0.131. The molecular formula is C16H26N2OS. The van der Waals surface area contributed by atoms with E-state index in [1.165, 1.54) is 38.5 Å². The third-order valence-electron chi connectivity index (χ3n) is 5.74. The lowest BCUT2D eigenvalue weighted by atomic mass is 9.40. The molecule has 4 bridgehead atoms. The molecule has 3 nitrogen and oxygen atoms in total. The van der Waals surface area contributed by atoms with E-state index in [0.29, 0.717) is 28.8 Å². The molecule has 0 aliphatic heterocycles. The van der Waals surface area contributed by atoms with E-state index in [1.54, 1.807) is 0 Å². The summed E-state index contributed by atoms with van der Waals surface area (Å²) in [7, 11) is 0. The number of carbonyl (C=O) groups excluding carboxylic acids is 1. The van der Waals surface area contributed by atoms with Crippen molar-refractivity contribution >= 4 is 23.1 Å². The van der Waals surface area contributed by atoms with Gasteiger partial charge in [-0.1, -0.05) is 26.1 Å². The molecule has 2 unspecified atom stereocenters. The molecule has 4 rings (SSSR count). The minimum absolute atomic E-state index is 0.131. The van der Waals surface area contributed by atoms with Crippen LogP contribution in [0.15, 0.2) is 0 Å². The smallest absolute Gasteiger partial charge is 0.220 e. The van der Waals surface area contributed by atoms with E-state index in [0.717, 1.165) is 5.92 Å². The first kappa shape index (κ1) is 14.3. The second kappa shape index (κ2) is 4.43. The van der Waals surface area contributed by atoms with Gasteiger partial charge in [0.2, 0.25) is 5.91 Å². The number of hydrogen-bond donors (Lipinski definition) is 2. The predicted octanol–water partition coefficient (Wildman–Crippen LogP) is 2.78. The maximum absolute atomic E-state index is 12.2. The number of nitrogens with two attached hydrogens (primary N) is 1. The molecule has 20 heavy (non-hydrogen) atoms. The molecule has 4 saturated carbocycles. The second-order valence-corrected chi connectivity index (χ2v) is 9.07. The summed E-state index contributed by atoms with van der Waals surface area (Å²) in [4.78, 5) is 12.6. The standard InChI is InChI=1S/C16H26N2OS/c1-14-3-11-4-15(2,8-14)10-16(5-11,9-14)6-13(19)18-7-12(17)20/h11H,3-10H2,1-2H3,(H2,17,20)(H,18,19). The molecule has 0 spiro atoms. The molecule has 4 fully saturated rings. The molecule has 4 aliphatic carbocycles. The van der Waals surface area contributed by atoms with E-state index in [-0.39, 0.29) is 11.3 Å². The number of rotatable bonds is 4. The highest BCUT2D eigenvalue weighted by atomic mass is 32.1. The van der Waals surface area contributed by atoms with Crippen molar-refractivity contribution in [2.24, 2.45) is 27.9 Å². The van der Waals surface area contributed by atoms with Crippen molar-refractivity contribution in [2.45, 2.75) is 58.8 Å². The van der Waals surface area contributed by atoms with Crippen molar-refractivity contribution < 1.29 is 4.79 Å². The maximum atomic E-state index is 12.2. The molecule has 0 aromatic heterocycles. The van der Waals surface area contributed by atoms with Crippen LogP contribution in [0.3, 0.4) is 0 Å². The second-order valence-electron chi connectivity index (χ2n) is 8.55. The lowest BCUT2D eigenvalue weighted by Gasteiger charge is -2.65. The highest BCUT2D eigenvalue weighted by Crippen LogP contribution is 2.70. The van der Waals surface area contributed by atoms with Gasteiger partial charge in [-0.05, 0) is 60.7 Å². The van der Waals surface area contributed by atoms with Gasteiger partial charge in [0.15, 0.2) is 0 Å². The molecular weight excluding hydrogens is 268 g/mol. The molecule has 3 N–H and O–H groups in total. The molecule has 2 atom stereocenters. The molecule has 0 aromatic rings. The van der Waals surface area contributed by atoms with E-state index in [1.807, 2.05) is 0 Å². The summed E-state index contributed by atoms with van der Waals surface area (Å²) in [6.07, 6.45) is 8.47. The normalized spacial score (nSPS) is 45.4. The van der Waals surface area contributed by atoms with E-state index in [4.69, 9.17) is 18.0 Å². The number of hydrogen-bond acceptors (Lipinski definition) is 2. The number of amides is 1. The quantitative estimate of drug-likeness (QED) is 0.784. The molecule has 4 aliphatic rings. The molecule has 0 saturated heterocycles. The highest BCUT2D eigenvalue weighted by Gasteiger charge is 2.60. The molecule has 0 radical (unpaired) electrons. The fourth-order valence-electron chi connectivity index (χ4n) is 6.47. The van der Waals surface area contributed by atoms with Crippen LogP contribution in [-0.2, 0) is 4.79 Å². The summed E-state index contributed by atoms with van der Waals surface area (Å²) in [5.41, 5.74) is 6.64. The zero-order valence-electron chi connectivity index (χ0n) is 12.6. The Labute approximate surface area is 127 Å². The zero-order chi connectivity index (χ0) is 14.6. The predicted molar refractivity (Wildman–Crippen MR) is 84.3 cm³/mol. The summed E-state index contributed by atoms with van der Waals surface area (Å²) >= 11 is 4.83. The van der Waals surface area contributed by atoms with Crippen molar-refractivity contribution in [1.29, 1.82) is 0 Å². The van der Waals surface area contributed by atoms with Gasteiger partial charge >= 0.3 is 0 Å². The number of nitrogens with one attached hydrogen (secondary N) is 1. The van der Waals surface area contributed by atoms with Crippen LogP contribution in [0.25, 0.3) is 0 Å². The summed E-state index contributed by atoms with van der Waals surface area (Å²) < 4.78 is 0. The average Bonchev–Trinajstić information content (AvgIpc) is 2.20. The molecule has 0 heterocycles. The summed E-state index contributed by atoms with van der Waals surface area (Å²) in [5, 5.41) is 2.88. The fraction of sp³-hybridized carbons (Fsp3) is 0.875. The Bertz CT molecular complexity index is 443. The molecule has 4 heteroatoms. The van der Waals surface area contributed by atoms with Gasteiger partial charge in [-0.2, -0.15) is 0 Å². The van der Waals surface area contributed by atoms with Crippen LogP contribution in [-0.4, -0.2) is 17.4 Å². The van der Waals surface area contributed by atoms with Gasteiger partial charge in [0.1, 0.15) is 0 Å². The first-order chi connectivity index (χ1) is 9.22. The van der Waals surface area contributed by atoms with Crippen LogP contribution in [0, 0.1) is 22.2 Å². The molecule has 1 amide bonds. The summed E-state index contributed by atoms with van der Waals surface area (Å²) in [6, 6.07) is 0. The van der Waals surface area contributed by atoms with Gasteiger partial charge < -0.3 is 11.1 Å². The third-order valence-corrected chi connectivity index (χ3v) is 5.88. The third kappa shape index (κ3) is 2.59. The van der Waals surface area contributed by atoms with E-state index >= 15 is 0 Å². The Morgan fingerprint density at radius 1 is 1.20 bits per heavy atom. The van der Waals surface area contributed by atoms with Gasteiger partial charge in [-0.25, -0.2) is 0 Å². The lowest BCUT2D eigenvalue weighted by molar-refractivity contribution is -0.155. The molecule has 0 aromatic carbocycles. The first-order valence-corrected chi connectivity index (χ1v) is 8.18. The highest BCUT2D eigenvalue weighted by molar-refractivity contribution is 7.80. The van der Waals surface area contributed by atoms with E-state index in [2.05, 4.69) is 19.2 Å². The van der Waals surface area contributed by atoms with Gasteiger partial charge in [-0.15, -0.1) is 0 Å². The molecule has 112 valence electrons. The Morgan fingerprint density at radius 2 is 1.80 bits per heavy atom. The van der Waals surface area contributed by atoms with Crippen LogP contribution in [0.5, 0.6) is 0 Å². The van der Waals surface area contributed by atoms with Gasteiger partial charge in [0, 0.05) is 6.42 Å². The van der Waals surface area contributed by atoms with Crippen LogP contribution >= 0.6 is 12.2 Å². The van der Waals surface area contributed by atoms with Crippen LogP contribution in [0.1, 0.15) is 58.8 Å². The topological polar surface area (TPSA) is 55.1 Å². The van der Waals surface area contributed by atoms with Crippen molar-refractivity contribution in [1.82, 2.24) is 5.32 Å². The van der Waals surface area contributed by atoms with Gasteiger partial charge in [0.25, 0.3) is 0 Å². The fourth-order valence-corrected chi connectivity index (χ4v) is 6.54.